The standard InChI is InChI=1S/C22H42O3Si/c1-18-16-19(2)21(25-26(7,8)22(3,4)5)20(23-6)14-12-10-9-11-13-15-24-17-18/h12,14,16,19-21H,9-11,13,15,17H2,1-8H3/t19-,20+,21+/m1/s1. The molecule has 0 saturated carbocycles. The molecule has 0 fully saturated rings. The highest BCUT2D eigenvalue weighted by atomic mass is 28.4. The van der Waals surface area contributed by atoms with Crippen LogP contribution >= 0.6 is 0 Å². The Labute approximate surface area is 163 Å². The molecule has 0 N–H and O–H groups in total. The second-order valence-electron chi connectivity index (χ2n) is 9.25. The third kappa shape index (κ3) is 7.67. The Morgan fingerprint density at radius 2 is 1.85 bits per heavy atom. The van der Waals surface area contributed by atoms with Crippen LogP contribution in [0, 0.1) is 5.92 Å². The predicted octanol–water partition coefficient (Wildman–Crippen LogP) is 6.12. The number of methoxy groups -OCH3 is 1. The summed E-state index contributed by atoms with van der Waals surface area (Å²) >= 11 is 0. The highest BCUT2D eigenvalue weighted by Gasteiger charge is 2.41. The van der Waals surface area contributed by atoms with Gasteiger partial charge >= 0.3 is 0 Å². The van der Waals surface area contributed by atoms with Gasteiger partial charge < -0.3 is 13.9 Å². The topological polar surface area (TPSA) is 27.7 Å². The molecule has 0 spiro atoms. The molecule has 0 saturated heterocycles. The van der Waals surface area contributed by atoms with Gasteiger partial charge in [-0.15, -0.1) is 0 Å². The molecule has 152 valence electrons. The Hall–Kier alpha value is -0.423. The van der Waals surface area contributed by atoms with Gasteiger partial charge in [-0.25, -0.2) is 0 Å². The number of hydrogen-bond donors (Lipinski definition) is 0. The summed E-state index contributed by atoms with van der Waals surface area (Å²) in [6.45, 7) is 17.5. The first kappa shape index (κ1) is 23.6. The van der Waals surface area contributed by atoms with E-state index < -0.39 is 8.32 Å². The molecule has 1 rings (SSSR count). The van der Waals surface area contributed by atoms with Crippen LogP contribution in [0.4, 0.5) is 0 Å². The molecular formula is C22H42O3Si. The van der Waals surface area contributed by atoms with E-state index in [4.69, 9.17) is 13.9 Å². The fourth-order valence-electron chi connectivity index (χ4n) is 3.01. The Morgan fingerprint density at radius 1 is 1.15 bits per heavy atom. The Morgan fingerprint density at radius 3 is 2.46 bits per heavy atom. The second kappa shape index (κ2) is 10.8. The van der Waals surface area contributed by atoms with E-state index in [9.17, 15) is 0 Å². The molecule has 3 atom stereocenters. The van der Waals surface area contributed by atoms with Crippen LogP contribution in [0.1, 0.15) is 60.3 Å². The zero-order valence-electron chi connectivity index (χ0n) is 18.4. The molecule has 0 aromatic rings. The zero-order chi connectivity index (χ0) is 19.8. The molecule has 4 heteroatoms. The smallest absolute Gasteiger partial charge is 0.192 e. The summed E-state index contributed by atoms with van der Waals surface area (Å²) in [5.74, 6) is 0.269. The van der Waals surface area contributed by atoms with Crippen LogP contribution < -0.4 is 0 Å². The molecule has 1 aliphatic rings. The number of ether oxygens (including phenoxy) is 2. The quantitative estimate of drug-likeness (QED) is 0.434. The molecule has 26 heavy (non-hydrogen) atoms. The van der Waals surface area contributed by atoms with Gasteiger partial charge in [0.2, 0.25) is 0 Å². The fraction of sp³-hybridized carbons (Fsp3) is 0.818. The van der Waals surface area contributed by atoms with Gasteiger partial charge in [0.05, 0.1) is 12.7 Å². The van der Waals surface area contributed by atoms with Crippen molar-refractivity contribution in [2.24, 2.45) is 5.92 Å². The average Bonchev–Trinajstić information content (AvgIpc) is 2.53. The summed E-state index contributed by atoms with van der Waals surface area (Å²) in [6.07, 6.45) is 11.5. The lowest BCUT2D eigenvalue weighted by atomic mass is 9.96. The van der Waals surface area contributed by atoms with Crippen molar-refractivity contribution >= 4 is 8.32 Å². The van der Waals surface area contributed by atoms with Gasteiger partial charge in [0.15, 0.2) is 8.32 Å². The van der Waals surface area contributed by atoms with Gasteiger partial charge in [-0.2, -0.15) is 0 Å². The van der Waals surface area contributed by atoms with Crippen LogP contribution in [0.2, 0.25) is 18.1 Å². The minimum absolute atomic E-state index is 0.0213. The van der Waals surface area contributed by atoms with Crippen LogP contribution in [-0.2, 0) is 13.9 Å². The molecule has 0 radical (unpaired) electrons. The highest BCUT2D eigenvalue weighted by Crippen LogP contribution is 2.39. The maximum atomic E-state index is 6.84. The van der Waals surface area contributed by atoms with Gasteiger partial charge in [-0.05, 0) is 44.3 Å². The molecular weight excluding hydrogens is 340 g/mol. The minimum atomic E-state index is -1.90. The molecule has 1 heterocycles. The van der Waals surface area contributed by atoms with Crippen LogP contribution in [0.25, 0.3) is 0 Å². The molecule has 0 amide bonds. The summed E-state index contributed by atoms with van der Waals surface area (Å²) in [5.41, 5.74) is 1.28. The van der Waals surface area contributed by atoms with Crippen LogP contribution in [-0.4, -0.2) is 40.8 Å². The maximum absolute atomic E-state index is 6.84. The summed E-state index contributed by atoms with van der Waals surface area (Å²) in [7, 11) is -0.0988. The Balaban J connectivity index is 3.11. The van der Waals surface area contributed by atoms with E-state index in [2.05, 4.69) is 65.9 Å². The Kier molecular flexibility index (Phi) is 9.80. The van der Waals surface area contributed by atoms with Crippen LogP contribution in [0.5, 0.6) is 0 Å². The molecule has 0 aliphatic carbocycles. The predicted molar refractivity (Wildman–Crippen MR) is 114 cm³/mol. The third-order valence-electron chi connectivity index (χ3n) is 5.71. The van der Waals surface area contributed by atoms with Gasteiger partial charge in [0, 0.05) is 19.6 Å². The lowest BCUT2D eigenvalue weighted by molar-refractivity contribution is 0.00545. The van der Waals surface area contributed by atoms with Crippen molar-refractivity contribution in [2.45, 2.75) is 90.6 Å². The first-order chi connectivity index (χ1) is 12.1. The Bertz CT molecular complexity index is 462. The number of hydrogen-bond acceptors (Lipinski definition) is 3. The average molecular weight is 383 g/mol. The van der Waals surface area contributed by atoms with E-state index in [1.165, 1.54) is 18.4 Å². The van der Waals surface area contributed by atoms with Crippen molar-refractivity contribution in [2.75, 3.05) is 20.3 Å². The third-order valence-corrected chi connectivity index (χ3v) is 10.2. The zero-order valence-corrected chi connectivity index (χ0v) is 19.4. The molecule has 3 nitrogen and oxygen atoms in total. The van der Waals surface area contributed by atoms with Gasteiger partial charge in [0.25, 0.3) is 0 Å². The highest BCUT2D eigenvalue weighted by molar-refractivity contribution is 6.74. The van der Waals surface area contributed by atoms with Crippen molar-refractivity contribution < 1.29 is 13.9 Å². The summed E-state index contributed by atoms with van der Waals surface area (Å²) in [4.78, 5) is 0. The van der Waals surface area contributed by atoms with Gasteiger partial charge in [0.1, 0.15) is 6.10 Å². The first-order valence-corrected chi connectivity index (χ1v) is 13.1. The summed E-state index contributed by atoms with van der Waals surface area (Å²) in [6, 6.07) is 0. The maximum Gasteiger partial charge on any atom is 0.192 e. The van der Waals surface area contributed by atoms with Crippen molar-refractivity contribution in [3.05, 3.63) is 23.8 Å². The SMILES string of the molecule is CO[C@H]1C=CCCCCCOCC(C)=C[C@@H](C)[C@@H]1O[Si](C)(C)C(C)(C)C. The van der Waals surface area contributed by atoms with Crippen LogP contribution in [0.15, 0.2) is 23.8 Å². The van der Waals surface area contributed by atoms with E-state index in [0.29, 0.717) is 6.61 Å². The molecule has 0 unspecified atom stereocenters. The number of rotatable bonds is 3. The van der Waals surface area contributed by atoms with Crippen molar-refractivity contribution in [1.82, 2.24) is 0 Å². The van der Waals surface area contributed by atoms with E-state index in [0.717, 1.165) is 19.4 Å². The molecule has 0 aromatic carbocycles. The van der Waals surface area contributed by atoms with E-state index in [1.807, 2.05) is 0 Å². The second-order valence-corrected chi connectivity index (χ2v) is 14.0. The fourth-order valence-corrected chi connectivity index (χ4v) is 4.39. The lowest BCUT2D eigenvalue weighted by Gasteiger charge is -2.42. The summed E-state index contributed by atoms with van der Waals surface area (Å²) in [5, 5.41) is 0.176. The van der Waals surface area contributed by atoms with Gasteiger partial charge in [-0.1, -0.05) is 57.9 Å². The van der Waals surface area contributed by atoms with Crippen molar-refractivity contribution in [3.8, 4) is 0 Å². The van der Waals surface area contributed by atoms with E-state index >= 15 is 0 Å². The van der Waals surface area contributed by atoms with Crippen LogP contribution in [0.3, 0.4) is 0 Å². The van der Waals surface area contributed by atoms with E-state index in [1.54, 1.807) is 7.11 Å². The van der Waals surface area contributed by atoms with Crippen molar-refractivity contribution in [3.63, 3.8) is 0 Å². The largest absolute Gasteiger partial charge is 0.410 e. The minimum Gasteiger partial charge on any atom is -0.410 e. The normalized spacial score (nSPS) is 27.7. The lowest BCUT2D eigenvalue weighted by Crippen LogP contribution is -2.49. The molecule has 1 aliphatic heterocycles. The van der Waals surface area contributed by atoms with E-state index in [-0.39, 0.29) is 23.2 Å². The molecule has 0 aromatic heterocycles. The summed E-state index contributed by atoms with van der Waals surface area (Å²) < 4.78 is 18.6. The van der Waals surface area contributed by atoms with Gasteiger partial charge in [-0.3, -0.25) is 0 Å². The molecule has 0 bridgehead atoms. The first-order valence-electron chi connectivity index (χ1n) is 10.2. The van der Waals surface area contributed by atoms with Crippen molar-refractivity contribution in [1.29, 1.82) is 0 Å². The number of allylic oxidation sites excluding steroid dienone is 1. The monoisotopic (exact) mass is 382 g/mol.